The highest BCUT2D eigenvalue weighted by atomic mass is 32.1. The number of piperazine rings is 1. The van der Waals surface area contributed by atoms with Gasteiger partial charge in [0.05, 0.1) is 5.57 Å². The second kappa shape index (κ2) is 7.05. The number of likely N-dealkylation sites (N-methyl/N-ethyl adjacent to an activating group) is 1. The zero-order valence-corrected chi connectivity index (χ0v) is 15.5. The van der Waals surface area contributed by atoms with Gasteiger partial charge in [-0.05, 0) is 17.0 Å². The Kier molecular flexibility index (Phi) is 4.61. The summed E-state index contributed by atoms with van der Waals surface area (Å²) >= 11 is 1.50. The first-order valence-corrected chi connectivity index (χ1v) is 9.65. The average Bonchev–Trinajstić information content (AvgIpc) is 3.26. The molecule has 0 bridgehead atoms. The Morgan fingerprint density at radius 2 is 1.65 bits per heavy atom. The van der Waals surface area contributed by atoms with Crippen molar-refractivity contribution in [3.8, 4) is 0 Å². The van der Waals surface area contributed by atoms with Crippen LogP contribution in [0.4, 0.5) is 0 Å². The molecule has 6 heteroatoms. The van der Waals surface area contributed by atoms with E-state index in [9.17, 15) is 9.59 Å². The lowest BCUT2D eigenvalue weighted by molar-refractivity contribution is -0.136. The van der Waals surface area contributed by atoms with E-state index in [0.29, 0.717) is 11.3 Å². The number of thiophene rings is 1. The second-order valence-corrected chi connectivity index (χ2v) is 7.57. The lowest BCUT2D eigenvalue weighted by Gasteiger charge is -2.36. The summed E-state index contributed by atoms with van der Waals surface area (Å²) in [6, 6.07) is 14.2. The van der Waals surface area contributed by atoms with E-state index >= 15 is 0 Å². The third-order valence-corrected chi connectivity index (χ3v) is 5.85. The van der Waals surface area contributed by atoms with Crippen LogP contribution in [-0.2, 0) is 16.1 Å². The molecule has 0 aliphatic carbocycles. The number of hydrogen-bond donors (Lipinski definition) is 0. The van der Waals surface area contributed by atoms with E-state index in [2.05, 4.69) is 34.1 Å². The van der Waals surface area contributed by atoms with Crippen LogP contribution in [0.1, 0.15) is 10.4 Å². The van der Waals surface area contributed by atoms with Crippen LogP contribution >= 0.6 is 11.3 Å². The molecule has 2 aliphatic rings. The molecule has 134 valence electrons. The molecule has 3 heterocycles. The maximum Gasteiger partial charge on any atom is 0.277 e. The van der Waals surface area contributed by atoms with Crippen molar-refractivity contribution >= 4 is 28.7 Å². The van der Waals surface area contributed by atoms with Gasteiger partial charge < -0.3 is 4.90 Å². The average molecular weight is 367 g/mol. The molecule has 0 atom stereocenters. The molecular formula is C20H21N3O2S. The third kappa shape index (κ3) is 3.06. The van der Waals surface area contributed by atoms with E-state index in [1.807, 2.05) is 23.6 Å². The minimum absolute atomic E-state index is 0.185. The monoisotopic (exact) mass is 367 g/mol. The molecule has 1 aromatic heterocycles. The van der Waals surface area contributed by atoms with Gasteiger partial charge in [-0.3, -0.25) is 19.4 Å². The summed E-state index contributed by atoms with van der Waals surface area (Å²) in [4.78, 5) is 31.9. The second-order valence-electron chi connectivity index (χ2n) is 6.62. The number of benzene rings is 1. The van der Waals surface area contributed by atoms with Crippen molar-refractivity contribution in [1.29, 1.82) is 0 Å². The smallest absolute Gasteiger partial charge is 0.277 e. The fourth-order valence-corrected chi connectivity index (χ4v) is 4.30. The van der Waals surface area contributed by atoms with Crippen LogP contribution < -0.4 is 0 Å². The van der Waals surface area contributed by atoms with Crippen molar-refractivity contribution in [2.75, 3.05) is 33.2 Å². The van der Waals surface area contributed by atoms with Gasteiger partial charge in [-0.15, -0.1) is 11.3 Å². The van der Waals surface area contributed by atoms with Gasteiger partial charge in [-0.25, -0.2) is 0 Å². The van der Waals surface area contributed by atoms with Crippen LogP contribution in [0.2, 0.25) is 0 Å². The number of hydrogen-bond acceptors (Lipinski definition) is 5. The van der Waals surface area contributed by atoms with Crippen LogP contribution in [0.15, 0.2) is 53.5 Å². The molecule has 2 aliphatic heterocycles. The normalized spacial score (nSPS) is 19.0. The summed E-state index contributed by atoms with van der Waals surface area (Å²) in [5.41, 5.74) is 2.43. The molecule has 2 aromatic rings. The molecule has 1 aromatic carbocycles. The minimum Gasteiger partial charge on any atom is -0.364 e. The van der Waals surface area contributed by atoms with Crippen LogP contribution in [0, 0.1) is 0 Å². The predicted molar refractivity (Wildman–Crippen MR) is 102 cm³/mol. The van der Waals surface area contributed by atoms with Crippen LogP contribution in [0.5, 0.6) is 0 Å². The van der Waals surface area contributed by atoms with E-state index in [-0.39, 0.29) is 11.8 Å². The van der Waals surface area contributed by atoms with Gasteiger partial charge >= 0.3 is 0 Å². The van der Waals surface area contributed by atoms with Gasteiger partial charge in [-0.1, -0.05) is 36.4 Å². The molecular weight excluding hydrogens is 346 g/mol. The minimum atomic E-state index is -0.195. The van der Waals surface area contributed by atoms with Crippen LogP contribution in [-0.4, -0.2) is 59.7 Å². The summed E-state index contributed by atoms with van der Waals surface area (Å²) < 4.78 is 0. The molecule has 0 spiro atoms. The molecule has 0 unspecified atom stereocenters. The summed E-state index contributed by atoms with van der Waals surface area (Å²) in [7, 11) is 1.57. The maximum absolute atomic E-state index is 12.7. The zero-order chi connectivity index (χ0) is 18.1. The number of rotatable bonds is 4. The zero-order valence-electron chi connectivity index (χ0n) is 14.7. The van der Waals surface area contributed by atoms with Gasteiger partial charge in [0.25, 0.3) is 11.8 Å². The fraction of sp³-hybridized carbons (Fsp3) is 0.300. The SMILES string of the molecule is CN1C(=O)C(c2cccs2)=C(N2CCN(Cc3ccccc3)CC2)C1=O. The summed E-state index contributed by atoms with van der Waals surface area (Å²) in [6.07, 6.45) is 0. The molecule has 2 amide bonds. The molecule has 0 radical (unpaired) electrons. The Morgan fingerprint density at radius 1 is 0.923 bits per heavy atom. The Hall–Kier alpha value is -2.44. The lowest BCUT2D eigenvalue weighted by atomic mass is 10.1. The highest BCUT2D eigenvalue weighted by Crippen LogP contribution is 2.33. The highest BCUT2D eigenvalue weighted by Gasteiger charge is 2.40. The molecule has 4 rings (SSSR count). The van der Waals surface area contributed by atoms with Gasteiger partial charge in [0.15, 0.2) is 0 Å². The number of imide groups is 1. The van der Waals surface area contributed by atoms with E-state index in [1.165, 1.54) is 21.8 Å². The topological polar surface area (TPSA) is 43.9 Å². The van der Waals surface area contributed by atoms with Crippen molar-refractivity contribution in [2.24, 2.45) is 0 Å². The Morgan fingerprint density at radius 3 is 2.31 bits per heavy atom. The maximum atomic E-state index is 12.7. The highest BCUT2D eigenvalue weighted by molar-refractivity contribution is 7.11. The molecule has 26 heavy (non-hydrogen) atoms. The Labute approximate surface area is 157 Å². The van der Waals surface area contributed by atoms with Crippen molar-refractivity contribution in [1.82, 2.24) is 14.7 Å². The fourth-order valence-electron chi connectivity index (χ4n) is 3.53. The van der Waals surface area contributed by atoms with Crippen LogP contribution in [0.25, 0.3) is 5.57 Å². The first-order valence-electron chi connectivity index (χ1n) is 8.77. The van der Waals surface area contributed by atoms with Gasteiger partial charge in [0.2, 0.25) is 0 Å². The van der Waals surface area contributed by atoms with Crippen LogP contribution in [0.3, 0.4) is 0 Å². The van der Waals surface area contributed by atoms with Gasteiger partial charge in [0, 0.05) is 44.6 Å². The molecule has 0 N–H and O–H groups in total. The number of amides is 2. The summed E-state index contributed by atoms with van der Waals surface area (Å²) in [5.74, 6) is -0.380. The first kappa shape index (κ1) is 17.0. The summed E-state index contributed by atoms with van der Waals surface area (Å²) in [5, 5.41) is 1.94. The van der Waals surface area contributed by atoms with Gasteiger partial charge in [-0.2, -0.15) is 0 Å². The van der Waals surface area contributed by atoms with E-state index in [4.69, 9.17) is 0 Å². The van der Waals surface area contributed by atoms with Crippen molar-refractivity contribution < 1.29 is 9.59 Å². The number of nitrogens with zero attached hydrogens (tertiary/aromatic N) is 3. The number of carbonyl (C=O) groups is 2. The number of carbonyl (C=O) groups excluding carboxylic acids is 2. The summed E-state index contributed by atoms with van der Waals surface area (Å²) in [6.45, 7) is 4.18. The quantitative estimate of drug-likeness (QED) is 0.778. The Bertz CT molecular complexity index is 837. The molecule has 0 saturated carbocycles. The lowest BCUT2D eigenvalue weighted by Crippen LogP contribution is -2.46. The van der Waals surface area contributed by atoms with Gasteiger partial charge in [0.1, 0.15) is 5.70 Å². The largest absolute Gasteiger partial charge is 0.364 e. The van der Waals surface area contributed by atoms with Crippen molar-refractivity contribution in [2.45, 2.75) is 6.54 Å². The van der Waals surface area contributed by atoms with E-state index in [0.717, 1.165) is 37.6 Å². The van der Waals surface area contributed by atoms with Crippen molar-refractivity contribution in [3.63, 3.8) is 0 Å². The molecule has 1 fully saturated rings. The van der Waals surface area contributed by atoms with Crippen molar-refractivity contribution in [3.05, 3.63) is 64.0 Å². The first-order chi connectivity index (χ1) is 12.6. The Balaban J connectivity index is 1.52. The molecule has 1 saturated heterocycles. The van der Waals surface area contributed by atoms with E-state index in [1.54, 1.807) is 7.05 Å². The third-order valence-electron chi connectivity index (χ3n) is 4.97. The predicted octanol–water partition coefficient (Wildman–Crippen LogP) is 2.28. The molecule has 5 nitrogen and oxygen atoms in total. The standard InChI is InChI=1S/C20H21N3O2S/c1-21-19(24)17(16-8-5-13-26-16)18(20(21)25)23-11-9-22(10-12-23)14-15-6-3-2-4-7-15/h2-8,13H,9-12,14H2,1H3. The van der Waals surface area contributed by atoms with E-state index < -0.39 is 0 Å².